The summed E-state index contributed by atoms with van der Waals surface area (Å²) >= 11 is 5.24. The largest absolute Gasteiger partial charge is 0.481 e. The predicted octanol–water partition coefficient (Wildman–Crippen LogP) is 3.89. The number of carboxylic acids is 1. The van der Waals surface area contributed by atoms with E-state index < -0.39 is 16.8 Å². The lowest BCUT2D eigenvalue weighted by Crippen LogP contribution is -2.37. The average molecular weight is 423 g/mol. The van der Waals surface area contributed by atoms with E-state index >= 15 is 0 Å². The van der Waals surface area contributed by atoms with Gasteiger partial charge in [-0.25, -0.2) is 0 Å². The Morgan fingerprint density at radius 1 is 0.966 bits per heavy atom. The highest BCUT2D eigenvalue weighted by Crippen LogP contribution is 2.24. The number of thiocarbonyl (C=S) groups is 1. The van der Waals surface area contributed by atoms with Crippen LogP contribution in [0.4, 0.5) is 0 Å². The van der Waals surface area contributed by atoms with Gasteiger partial charge in [-0.1, -0.05) is 30.3 Å². The van der Waals surface area contributed by atoms with Crippen molar-refractivity contribution in [3.05, 3.63) is 35.9 Å². The van der Waals surface area contributed by atoms with Crippen molar-refractivity contribution in [1.29, 1.82) is 0 Å². The molecule has 0 aliphatic carbocycles. The minimum absolute atomic E-state index is 0.205. The lowest BCUT2D eigenvalue weighted by atomic mass is 9.88. The molecule has 162 valence electrons. The fourth-order valence-electron chi connectivity index (χ4n) is 2.65. The molecule has 0 radical (unpaired) electrons. The summed E-state index contributed by atoms with van der Waals surface area (Å²) in [6, 6.07) is 9.63. The Morgan fingerprint density at radius 2 is 1.48 bits per heavy atom. The molecule has 1 aromatic rings. The van der Waals surface area contributed by atoms with Gasteiger partial charge in [0.25, 0.3) is 0 Å². The van der Waals surface area contributed by atoms with Gasteiger partial charge in [0.1, 0.15) is 6.61 Å². The number of aliphatic carboxylic acids is 1. The molecule has 0 aliphatic heterocycles. The smallest absolute Gasteiger partial charge is 0.311 e. The number of benzene rings is 1. The summed E-state index contributed by atoms with van der Waals surface area (Å²) < 4.78 is 5.44. The van der Waals surface area contributed by atoms with Crippen LogP contribution in [-0.4, -0.2) is 35.2 Å². The molecular weight excluding hydrogens is 388 g/mol. The number of esters is 1. The summed E-state index contributed by atoms with van der Waals surface area (Å²) in [6.45, 7) is 8.79. The zero-order chi connectivity index (χ0) is 21.9. The number of hydrogen-bond donors (Lipinski definition) is 3. The molecule has 0 atom stereocenters. The van der Waals surface area contributed by atoms with E-state index in [9.17, 15) is 9.59 Å². The minimum Gasteiger partial charge on any atom is -0.481 e. The van der Waals surface area contributed by atoms with E-state index in [0.717, 1.165) is 18.4 Å². The number of carboxylic acid groups (broad SMARTS) is 1. The molecule has 0 saturated heterocycles. The lowest BCUT2D eigenvalue weighted by Gasteiger charge is -2.23. The van der Waals surface area contributed by atoms with Gasteiger partial charge in [0.05, 0.1) is 10.8 Å². The van der Waals surface area contributed by atoms with Gasteiger partial charge in [0.2, 0.25) is 0 Å². The molecule has 0 heterocycles. The predicted molar refractivity (Wildman–Crippen MR) is 119 cm³/mol. The first-order valence-corrected chi connectivity index (χ1v) is 10.4. The molecule has 0 saturated carbocycles. The van der Waals surface area contributed by atoms with Gasteiger partial charge in [-0.3, -0.25) is 9.59 Å². The van der Waals surface area contributed by atoms with Crippen LogP contribution in [-0.2, 0) is 20.9 Å². The standard InChI is InChI=1S/C22H34N2O4S/c1-21(2,18(25)26)12-8-14-23-20(29)24-15-9-13-22(3,4)19(27)28-16-17-10-6-5-7-11-17/h5-7,10-11H,8-9,12-16H2,1-4H3,(H,25,26)(H2,23,24,29). The Kier molecular flexibility index (Phi) is 10.1. The molecule has 0 unspecified atom stereocenters. The zero-order valence-electron chi connectivity index (χ0n) is 17.9. The van der Waals surface area contributed by atoms with Crippen molar-refractivity contribution < 1.29 is 19.4 Å². The summed E-state index contributed by atoms with van der Waals surface area (Å²) in [5.41, 5.74) is -0.313. The number of carbonyl (C=O) groups excluding carboxylic acids is 1. The molecule has 0 bridgehead atoms. The molecule has 7 heteroatoms. The number of rotatable bonds is 12. The number of ether oxygens (including phenoxy) is 1. The normalized spacial score (nSPS) is 11.6. The second-order valence-electron chi connectivity index (χ2n) is 8.52. The third-order valence-electron chi connectivity index (χ3n) is 4.87. The Morgan fingerprint density at radius 3 is 2.00 bits per heavy atom. The fourth-order valence-corrected chi connectivity index (χ4v) is 2.86. The van der Waals surface area contributed by atoms with Gasteiger partial charge in [-0.15, -0.1) is 0 Å². The van der Waals surface area contributed by atoms with Crippen LogP contribution in [0.2, 0.25) is 0 Å². The van der Waals surface area contributed by atoms with Crippen LogP contribution in [0.1, 0.15) is 58.9 Å². The van der Waals surface area contributed by atoms with E-state index in [4.69, 9.17) is 22.1 Å². The van der Waals surface area contributed by atoms with Crippen molar-refractivity contribution >= 4 is 29.3 Å². The first-order valence-electron chi connectivity index (χ1n) is 10.0. The molecule has 0 amide bonds. The first kappa shape index (κ1) is 24.9. The summed E-state index contributed by atoms with van der Waals surface area (Å²) in [7, 11) is 0. The van der Waals surface area contributed by atoms with Crippen LogP contribution in [0.15, 0.2) is 30.3 Å². The Bertz CT molecular complexity index is 675. The highest BCUT2D eigenvalue weighted by atomic mass is 32.1. The topological polar surface area (TPSA) is 87.7 Å². The first-order chi connectivity index (χ1) is 13.5. The maximum Gasteiger partial charge on any atom is 0.311 e. The maximum atomic E-state index is 12.3. The highest BCUT2D eigenvalue weighted by Gasteiger charge is 2.29. The third-order valence-corrected chi connectivity index (χ3v) is 5.16. The molecule has 1 rings (SSSR count). The molecule has 1 aromatic carbocycles. The number of carbonyl (C=O) groups is 2. The SMILES string of the molecule is CC(C)(CCCNC(=S)NCCCC(C)(C)C(=O)OCc1ccccc1)C(=O)O. The van der Waals surface area contributed by atoms with Crippen LogP contribution in [0.25, 0.3) is 0 Å². The molecule has 0 fully saturated rings. The van der Waals surface area contributed by atoms with Crippen LogP contribution in [0.3, 0.4) is 0 Å². The van der Waals surface area contributed by atoms with Gasteiger partial charge in [-0.2, -0.15) is 0 Å². The van der Waals surface area contributed by atoms with Gasteiger partial charge in [-0.05, 0) is 71.2 Å². The van der Waals surface area contributed by atoms with Gasteiger partial charge < -0.3 is 20.5 Å². The van der Waals surface area contributed by atoms with Crippen LogP contribution in [0, 0.1) is 10.8 Å². The molecule has 0 spiro atoms. The number of nitrogens with one attached hydrogen (secondary N) is 2. The zero-order valence-corrected chi connectivity index (χ0v) is 18.7. The van der Waals surface area contributed by atoms with Crippen molar-refractivity contribution in [3.8, 4) is 0 Å². The monoisotopic (exact) mass is 422 g/mol. The lowest BCUT2D eigenvalue weighted by molar-refractivity contribution is -0.155. The fraction of sp³-hybridized carbons (Fsp3) is 0.591. The Balaban J connectivity index is 2.19. The van der Waals surface area contributed by atoms with Gasteiger partial charge in [0.15, 0.2) is 5.11 Å². The molecule has 6 nitrogen and oxygen atoms in total. The van der Waals surface area contributed by atoms with Crippen molar-refractivity contribution in [1.82, 2.24) is 10.6 Å². The molecular formula is C22H34N2O4S. The summed E-state index contributed by atoms with van der Waals surface area (Å²) in [5, 5.41) is 15.9. The van der Waals surface area contributed by atoms with Crippen LogP contribution < -0.4 is 10.6 Å². The van der Waals surface area contributed by atoms with Crippen molar-refractivity contribution in [2.45, 2.75) is 60.0 Å². The Labute approximate surface area is 179 Å². The van der Waals surface area contributed by atoms with E-state index in [1.807, 2.05) is 44.2 Å². The Hall–Kier alpha value is -2.15. The average Bonchev–Trinajstić information content (AvgIpc) is 2.67. The van der Waals surface area contributed by atoms with Crippen LogP contribution in [0.5, 0.6) is 0 Å². The van der Waals surface area contributed by atoms with E-state index in [2.05, 4.69) is 10.6 Å². The van der Waals surface area contributed by atoms with E-state index in [1.165, 1.54) is 0 Å². The quantitative estimate of drug-likeness (QED) is 0.267. The van der Waals surface area contributed by atoms with E-state index in [1.54, 1.807) is 13.8 Å². The maximum absolute atomic E-state index is 12.3. The van der Waals surface area contributed by atoms with Crippen molar-refractivity contribution in [2.75, 3.05) is 13.1 Å². The summed E-state index contributed by atoms with van der Waals surface area (Å²) in [6.07, 6.45) is 2.77. The van der Waals surface area contributed by atoms with Crippen molar-refractivity contribution in [3.63, 3.8) is 0 Å². The van der Waals surface area contributed by atoms with E-state index in [-0.39, 0.29) is 12.6 Å². The second-order valence-corrected chi connectivity index (χ2v) is 8.93. The minimum atomic E-state index is -0.789. The highest BCUT2D eigenvalue weighted by molar-refractivity contribution is 7.80. The van der Waals surface area contributed by atoms with Gasteiger partial charge in [0, 0.05) is 13.1 Å². The van der Waals surface area contributed by atoms with Gasteiger partial charge >= 0.3 is 11.9 Å². The summed E-state index contributed by atoms with van der Waals surface area (Å²) in [5.74, 6) is -0.994. The molecule has 0 aliphatic rings. The summed E-state index contributed by atoms with van der Waals surface area (Å²) in [4.78, 5) is 23.4. The van der Waals surface area contributed by atoms with Crippen molar-refractivity contribution in [2.24, 2.45) is 10.8 Å². The molecule has 29 heavy (non-hydrogen) atoms. The second kappa shape index (κ2) is 11.8. The molecule has 0 aromatic heterocycles. The number of hydrogen-bond acceptors (Lipinski definition) is 4. The third kappa shape index (κ3) is 9.74. The molecule has 3 N–H and O–H groups in total. The van der Waals surface area contributed by atoms with Crippen LogP contribution >= 0.6 is 12.2 Å². The van der Waals surface area contributed by atoms with E-state index in [0.29, 0.717) is 31.0 Å².